The van der Waals surface area contributed by atoms with Gasteiger partial charge < -0.3 is 15.5 Å². The van der Waals surface area contributed by atoms with Crippen LogP contribution in [-0.2, 0) is 4.79 Å². The van der Waals surface area contributed by atoms with Crippen molar-refractivity contribution in [3.8, 4) is 6.07 Å². The van der Waals surface area contributed by atoms with Gasteiger partial charge in [0.1, 0.15) is 6.42 Å². The second kappa shape index (κ2) is 9.40. The topological polar surface area (TPSA) is 96.6 Å². The van der Waals surface area contributed by atoms with Gasteiger partial charge in [-0.25, -0.2) is 0 Å². The number of nitriles is 1. The van der Waals surface area contributed by atoms with Crippen LogP contribution in [0, 0.1) is 11.3 Å². The first-order valence-electron chi connectivity index (χ1n) is 4.83. The monoisotopic (exact) mass is 215 g/mol. The van der Waals surface area contributed by atoms with Crippen LogP contribution in [0.5, 0.6) is 0 Å². The summed E-state index contributed by atoms with van der Waals surface area (Å²) in [5.74, 6) is -1.07. The number of rotatable bonds is 3. The molecule has 0 aromatic rings. The number of carboxylic acid groups (broad SMARTS) is 1. The van der Waals surface area contributed by atoms with E-state index in [1.807, 2.05) is 0 Å². The number of carboxylic acids is 1. The summed E-state index contributed by atoms with van der Waals surface area (Å²) in [5.41, 5.74) is 0. The van der Waals surface area contributed by atoms with Crippen molar-refractivity contribution in [2.24, 2.45) is 0 Å². The third kappa shape index (κ3) is 9.15. The van der Waals surface area contributed by atoms with Crippen LogP contribution >= 0.6 is 0 Å². The van der Waals surface area contributed by atoms with Gasteiger partial charge in [0, 0.05) is 32.7 Å². The molecule has 1 fully saturated rings. The summed E-state index contributed by atoms with van der Waals surface area (Å²) < 4.78 is 0. The predicted octanol–water partition coefficient (Wildman–Crippen LogP) is -1.13. The fourth-order valence-electron chi connectivity index (χ4n) is 1.14. The molecule has 0 bridgehead atoms. The van der Waals surface area contributed by atoms with Crippen LogP contribution in [0.3, 0.4) is 0 Å². The second-order valence-corrected chi connectivity index (χ2v) is 3.04. The van der Waals surface area contributed by atoms with Gasteiger partial charge in [-0.15, -0.1) is 0 Å². The lowest BCUT2D eigenvalue weighted by atomic mass is 10.4. The molecule has 0 aromatic heterocycles. The molecule has 0 amide bonds. The van der Waals surface area contributed by atoms with Gasteiger partial charge in [-0.3, -0.25) is 9.69 Å². The number of aliphatic carboxylic acids is 1. The molecule has 6 heteroatoms. The minimum absolute atomic E-state index is 0.292. The molecule has 1 saturated heterocycles. The zero-order chi connectivity index (χ0) is 11.5. The molecule has 86 valence electrons. The van der Waals surface area contributed by atoms with Gasteiger partial charge in [0.25, 0.3) is 0 Å². The summed E-state index contributed by atoms with van der Waals surface area (Å²) in [6, 6.07) is 1.47. The van der Waals surface area contributed by atoms with E-state index < -0.39 is 12.4 Å². The Kier molecular flexibility index (Phi) is 8.67. The van der Waals surface area contributed by atoms with Crippen LogP contribution in [0.25, 0.3) is 0 Å². The molecule has 3 N–H and O–H groups in total. The zero-order valence-electron chi connectivity index (χ0n) is 8.65. The summed E-state index contributed by atoms with van der Waals surface area (Å²) in [5, 5.41) is 27.1. The highest BCUT2D eigenvalue weighted by atomic mass is 16.4. The highest BCUT2D eigenvalue weighted by Crippen LogP contribution is 1.88. The van der Waals surface area contributed by atoms with Crippen molar-refractivity contribution in [3.63, 3.8) is 0 Å². The smallest absolute Gasteiger partial charge is 0.317 e. The Morgan fingerprint density at radius 2 is 2.07 bits per heavy atom. The van der Waals surface area contributed by atoms with Crippen molar-refractivity contribution in [2.45, 2.75) is 6.42 Å². The Labute approximate surface area is 89.1 Å². The van der Waals surface area contributed by atoms with Crippen molar-refractivity contribution in [1.29, 1.82) is 5.26 Å². The number of aliphatic hydroxyl groups is 1. The summed E-state index contributed by atoms with van der Waals surface area (Å²) >= 11 is 0. The van der Waals surface area contributed by atoms with E-state index in [1.54, 1.807) is 0 Å². The third-order valence-corrected chi connectivity index (χ3v) is 1.86. The Balaban J connectivity index is 0.000000288. The zero-order valence-corrected chi connectivity index (χ0v) is 8.65. The fraction of sp³-hybridized carbons (Fsp3) is 0.778. The number of piperazine rings is 1. The maximum atomic E-state index is 9.38. The first-order valence-corrected chi connectivity index (χ1v) is 4.83. The molecular formula is C9H17N3O3. The standard InChI is InChI=1S/C6H14N2O.C3H3NO2/c9-6-5-8-3-1-7-2-4-8;4-2-1-3(5)6/h7,9H,1-6H2;1H2,(H,5,6). The lowest BCUT2D eigenvalue weighted by Crippen LogP contribution is -2.44. The Morgan fingerprint density at radius 3 is 2.40 bits per heavy atom. The maximum Gasteiger partial charge on any atom is 0.317 e. The van der Waals surface area contributed by atoms with E-state index in [4.69, 9.17) is 15.5 Å². The van der Waals surface area contributed by atoms with Gasteiger partial charge in [-0.05, 0) is 0 Å². The molecule has 1 heterocycles. The van der Waals surface area contributed by atoms with Crippen LogP contribution < -0.4 is 5.32 Å². The summed E-state index contributed by atoms with van der Waals surface area (Å²) in [7, 11) is 0. The molecule has 0 unspecified atom stereocenters. The lowest BCUT2D eigenvalue weighted by molar-refractivity contribution is -0.135. The lowest BCUT2D eigenvalue weighted by Gasteiger charge is -2.25. The number of aliphatic hydroxyl groups excluding tert-OH is 1. The number of nitrogens with zero attached hydrogens (tertiary/aromatic N) is 2. The predicted molar refractivity (Wildman–Crippen MR) is 54.3 cm³/mol. The molecule has 1 aliphatic heterocycles. The van der Waals surface area contributed by atoms with E-state index in [-0.39, 0.29) is 0 Å². The minimum atomic E-state index is -1.07. The largest absolute Gasteiger partial charge is 0.480 e. The Bertz CT molecular complexity index is 206. The molecule has 1 rings (SSSR count). The van der Waals surface area contributed by atoms with Crippen LogP contribution in [0.4, 0.5) is 0 Å². The quantitative estimate of drug-likeness (QED) is 0.551. The Hall–Kier alpha value is -1.16. The van der Waals surface area contributed by atoms with Gasteiger partial charge in [-0.1, -0.05) is 0 Å². The molecule has 0 spiro atoms. The average Bonchev–Trinajstić information content (AvgIpc) is 2.20. The van der Waals surface area contributed by atoms with Gasteiger partial charge in [0.05, 0.1) is 12.7 Å². The number of hydrogen-bond acceptors (Lipinski definition) is 5. The molecule has 0 aromatic carbocycles. The van der Waals surface area contributed by atoms with E-state index in [0.29, 0.717) is 6.61 Å². The van der Waals surface area contributed by atoms with Gasteiger partial charge in [0.15, 0.2) is 0 Å². The van der Waals surface area contributed by atoms with Crippen LogP contribution in [0.1, 0.15) is 6.42 Å². The molecule has 0 radical (unpaired) electrons. The number of nitrogens with one attached hydrogen (secondary N) is 1. The van der Waals surface area contributed by atoms with Crippen molar-refractivity contribution in [3.05, 3.63) is 0 Å². The second-order valence-electron chi connectivity index (χ2n) is 3.04. The summed E-state index contributed by atoms with van der Waals surface area (Å²) in [6.07, 6.45) is -0.403. The van der Waals surface area contributed by atoms with E-state index in [9.17, 15) is 4.79 Å². The molecule has 1 aliphatic rings. The number of carbonyl (C=O) groups is 1. The molecular weight excluding hydrogens is 198 g/mol. The van der Waals surface area contributed by atoms with E-state index >= 15 is 0 Å². The van der Waals surface area contributed by atoms with Crippen LogP contribution in [0.15, 0.2) is 0 Å². The number of β-amino-alcohol motifs (C(OH)–C–C–N with tert-alkyl or cyclic N) is 1. The highest BCUT2D eigenvalue weighted by Gasteiger charge is 2.06. The van der Waals surface area contributed by atoms with E-state index in [0.717, 1.165) is 32.7 Å². The first kappa shape index (κ1) is 13.8. The fourth-order valence-corrected chi connectivity index (χ4v) is 1.14. The maximum absolute atomic E-state index is 9.38. The molecule has 6 nitrogen and oxygen atoms in total. The minimum Gasteiger partial charge on any atom is -0.480 e. The normalized spacial score (nSPS) is 16.0. The SMILES string of the molecule is N#CCC(=O)O.OCCN1CCNCC1. The van der Waals surface area contributed by atoms with Crippen molar-refractivity contribution < 1.29 is 15.0 Å². The highest BCUT2D eigenvalue weighted by molar-refractivity contribution is 5.69. The van der Waals surface area contributed by atoms with E-state index in [1.165, 1.54) is 6.07 Å². The van der Waals surface area contributed by atoms with Gasteiger partial charge >= 0.3 is 5.97 Å². The van der Waals surface area contributed by atoms with Gasteiger partial charge in [0.2, 0.25) is 0 Å². The van der Waals surface area contributed by atoms with Crippen LogP contribution in [-0.4, -0.2) is 60.4 Å². The summed E-state index contributed by atoms with van der Waals surface area (Å²) in [4.78, 5) is 11.6. The van der Waals surface area contributed by atoms with Crippen molar-refractivity contribution >= 4 is 5.97 Å². The van der Waals surface area contributed by atoms with Gasteiger partial charge in [-0.2, -0.15) is 5.26 Å². The number of hydrogen-bond donors (Lipinski definition) is 3. The third-order valence-electron chi connectivity index (χ3n) is 1.86. The van der Waals surface area contributed by atoms with Crippen molar-refractivity contribution in [1.82, 2.24) is 10.2 Å². The van der Waals surface area contributed by atoms with E-state index in [2.05, 4.69) is 10.2 Å². The molecule has 0 saturated carbocycles. The van der Waals surface area contributed by atoms with Crippen molar-refractivity contribution in [2.75, 3.05) is 39.3 Å². The summed E-state index contributed by atoms with van der Waals surface area (Å²) in [6.45, 7) is 5.43. The molecule has 15 heavy (non-hydrogen) atoms. The Morgan fingerprint density at radius 1 is 1.47 bits per heavy atom. The average molecular weight is 215 g/mol. The van der Waals surface area contributed by atoms with Crippen LogP contribution in [0.2, 0.25) is 0 Å². The molecule has 0 atom stereocenters. The molecule has 0 aliphatic carbocycles. The first-order chi connectivity index (χ1) is 7.20.